The van der Waals surface area contributed by atoms with Crippen molar-refractivity contribution in [2.24, 2.45) is 5.92 Å². The van der Waals surface area contributed by atoms with Crippen LogP contribution in [0, 0.1) is 5.92 Å². The predicted molar refractivity (Wildman–Crippen MR) is 76.7 cm³/mol. The maximum absolute atomic E-state index is 4.85. The highest BCUT2D eigenvalue weighted by Gasteiger charge is 2.35. The van der Waals surface area contributed by atoms with Crippen molar-refractivity contribution in [1.29, 1.82) is 0 Å². The molecule has 0 bridgehead atoms. The Kier molecular flexibility index (Phi) is 5.14. The van der Waals surface area contributed by atoms with Gasteiger partial charge in [0.15, 0.2) is 0 Å². The lowest BCUT2D eigenvalue weighted by atomic mass is 9.84. The van der Waals surface area contributed by atoms with E-state index in [9.17, 15) is 0 Å². The quantitative estimate of drug-likeness (QED) is 0.825. The smallest absolute Gasteiger partial charge is 0.113 e. The molecule has 0 saturated carbocycles. The van der Waals surface area contributed by atoms with Crippen LogP contribution in [0.4, 0.5) is 0 Å². The van der Waals surface area contributed by atoms with E-state index in [1.807, 2.05) is 0 Å². The number of rotatable bonds is 6. The van der Waals surface area contributed by atoms with Crippen molar-refractivity contribution in [3.63, 3.8) is 0 Å². The molecule has 0 spiro atoms. The van der Waals surface area contributed by atoms with Crippen LogP contribution in [0.5, 0.6) is 0 Å². The van der Waals surface area contributed by atoms with Crippen LogP contribution in [0.25, 0.3) is 0 Å². The van der Waals surface area contributed by atoms with Gasteiger partial charge >= 0.3 is 0 Å². The summed E-state index contributed by atoms with van der Waals surface area (Å²) in [5.41, 5.74) is 1.27. The molecule has 1 aromatic rings. The Hall–Kier alpha value is -0.410. The van der Waals surface area contributed by atoms with Crippen LogP contribution < -0.4 is 5.32 Å². The highest BCUT2D eigenvalue weighted by atomic mass is 32.1. The number of nitrogens with zero attached hydrogens (tertiary/aromatic N) is 1. The average molecular weight is 254 g/mol. The standard InChI is InChI=1S/C14H26N2S/c1-7-14(11(5)6,15-8-2)13-16-12(9-17-13)10(3)4/h9-11,15H,7-8H2,1-6H3. The second-order valence-electron chi connectivity index (χ2n) is 5.24. The Labute approximate surface area is 110 Å². The summed E-state index contributed by atoms with van der Waals surface area (Å²) in [6.45, 7) is 14.4. The largest absolute Gasteiger partial charge is 0.305 e. The first-order valence-corrected chi connectivity index (χ1v) is 7.56. The number of nitrogens with one attached hydrogen (secondary N) is 1. The van der Waals surface area contributed by atoms with Crippen molar-refractivity contribution in [3.8, 4) is 0 Å². The molecule has 98 valence electrons. The maximum Gasteiger partial charge on any atom is 0.113 e. The first kappa shape index (κ1) is 14.7. The van der Waals surface area contributed by atoms with Crippen LogP contribution in [0.15, 0.2) is 5.38 Å². The minimum absolute atomic E-state index is 0.0482. The fourth-order valence-electron chi connectivity index (χ4n) is 2.28. The van der Waals surface area contributed by atoms with Crippen LogP contribution in [-0.2, 0) is 5.54 Å². The zero-order chi connectivity index (χ0) is 13.1. The van der Waals surface area contributed by atoms with Gasteiger partial charge in [-0.3, -0.25) is 0 Å². The lowest BCUT2D eigenvalue weighted by Gasteiger charge is -2.36. The molecule has 0 radical (unpaired) electrons. The molecule has 0 fully saturated rings. The number of thiazole rings is 1. The van der Waals surface area contributed by atoms with E-state index in [1.54, 1.807) is 11.3 Å². The van der Waals surface area contributed by atoms with E-state index in [0.717, 1.165) is 13.0 Å². The summed E-state index contributed by atoms with van der Waals surface area (Å²) in [5, 5.41) is 7.12. The van der Waals surface area contributed by atoms with E-state index in [4.69, 9.17) is 4.98 Å². The molecule has 17 heavy (non-hydrogen) atoms. The Bertz CT molecular complexity index is 344. The van der Waals surface area contributed by atoms with Crippen LogP contribution >= 0.6 is 11.3 Å². The Morgan fingerprint density at radius 3 is 2.29 bits per heavy atom. The monoisotopic (exact) mass is 254 g/mol. The van der Waals surface area contributed by atoms with E-state index in [2.05, 4.69) is 52.2 Å². The lowest BCUT2D eigenvalue weighted by Crippen LogP contribution is -2.46. The summed E-state index contributed by atoms with van der Waals surface area (Å²) in [6.07, 6.45) is 1.09. The van der Waals surface area contributed by atoms with Crippen molar-refractivity contribution in [3.05, 3.63) is 16.1 Å². The van der Waals surface area contributed by atoms with Gasteiger partial charge in [-0.15, -0.1) is 11.3 Å². The Balaban J connectivity index is 3.11. The molecule has 0 aliphatic heterocycles. The van der Waals surface area contributed by atoms with Crippen molar-refractivity contribution in [1.82, 2.24) is 10.3 Å². The van der Waals surface area contributed by atoms with Crippen LogP contribution in [0.2, 0.25) is 0 Å². The van der Waals surface area contributed by atoms with Gasteiger partial charge in [-0.1, -0.05) is 41.5 Å². The summed E-state index contributed by atoms with van der Waals surface area (Å²) in [6, 6.07) is 0. The van der Waals surface area contributed by atoms with Gasteiger partial charge in [0.25, 0.3) is 0 Å². The first-order valence-electron chi connectivity index (χ1n) is 6.68. The van der Waals surface area contributed by atoms with Gasteiger partial charge in [0, 0.05) is 5.38 Å². The summed E-state index contributed by atoms with van der Waals surface area (Å²) in [4.78, 5) is 4.85. The third-order valence-corrected chi connectivity index (χ3v) is 4.57. The summed E-state index contributed by atoms with van der Waals surface area (Å²) < 4.78 is 0. The molecule has 0 saturated heterocycles. The van der Waals surface area contributed by atoms with Gasteiger partial charge in [-0.2, -0.15) is 0 Å². The van der Waals surface area contributed by atoms with Crippen molar-refractivity contribution >= 4 is 11.3 Å². The molecular formula is C14H26N2S. The second kappa shape index (κ2) is 5.96. The minimum atomic E-state index is 0.0482. The SMILES string of the molecule is CCNC(CC)(c1nc(C(C)C)cs1)C(C)C. The maximum atomic E-state index is 4.85. The summed E-state index contributed by atoms with van der Waals surface area (Å²) in [5.74, 6) is 1.07. The highest BCUT2D eigenvalue weighted by Crippen LogP contribution is 2.35. The number of aromatic nitrogens is 1. The molecule has 1 heterocycles. The zero-order valence-corrected chi connectivity index (χ0v) is 12.8. The molecule has 1 atom stereocenters. The van der Waals surface area contributed by atoms with Gasteiger partial charge in [-0.25, -0.2) is 4.98 Å². The molecule has 0 aliphatic carbocycles. The van der Waals surface area contributed by atoms with E-state index >= 15 is 0 Å². The number of hydrogen-bond donors (Lipinski definition) is 1. The molecule has 1 unspecified atom stereocenters. The minimum Gasteiger partial charge on any atom is -0.305 e. The fraction of sp³-hybridized carbons (Fsp3) is 0.786. The van der Waals surface area contributed by atoms with Crippen molar-refractivity contribution in [2.45, 2.75) is 59.4 Å². The molecule has 0 aromatic carbocycles. The third-order valence-electron chi connectivity index (χ3n) is 3.53. The Morgan fingerprint density at radius 1 is 1.29 bits per heavy atom. The third kappa shape index (κ3) is 2.89. The highest BCUT2D eigenvalue weighted by molar-refractivity contribution is 7.09. The van der Waals surface area contributed by atoms with Crippen LogP contribution in [-0.4, -0.2) is 11.5 Å². The summed E-state index contributed by atoms with van der Waals surface area (Å²) >= 11 is 1.80. The topological polar surface area (TPSA) is 24.9 Å². The molecule has 1 N–H and O–H groups in total. The normalized spacial score (nSPS) is 15.5. The van der Waals surface area contributed by atoms with E-state index in [-0.39, 0.29) is 5.54 Å². The summed E-state index contributed by atoms with van der Waals surface area (Å²) in [7, 11) is 0. The second-order valence-corrected chi connectivity index (χ2v) is 6.10. The van der Waals surface area contributed by atoms with Gasteiger partial charge in [0.1, 0.15) is 5.01 Å². The average Bonchev–Trinajstić information content (AvgIpc) is 2.75. The lowest BCUT2D eigenvalue weighted by molar-refractivity contribution is 0.232. The van der Waals surface area contributed by atoms with Gasteiger partial charge in [0.05, 0.1) is 11.2 Å². The molecule has 2 nitrogen and oxygen atoms in total. The van der Waals surface area contributed by atoms with Gasteiger partial charge in [-0.05, 0) is 24.8 Å². The molecule has 0 aliphatic rings. The van der Waals surface area contributed by atoms with E-state index in [0.29, 0.717) is 11.8 Å². The van der Waals surface area contributed by atoms with Crippen molar-refractivity contribution in [2.75, 3.05) is 6.54 Å². The molecule has 1 aromatic heterocycles. The van der Waals surface area contributed by atoms with Crippen LogP contribution in [0.3, 0.4) is 0 Å². The Morgan fingerprint density at radius 2 is 1.94 bits per heavy atom. The number of hydrogen-bond acceptors (Lipinski definition) is 3. The van der Waals surface area contributed by atoms with Crippen molar-refractivity contribution < 1.29 is 0 Å². The van der Waals surface area contributed by atoms with Gasteiger partial charge in [0.2, 0.25) is 0 Å². The van der Waals surface area contributed by atoms with E-state index in [1.165, 1.54) is 10.7 Å². The molecule has 3 heteroatoms. The fourth-order valence-corrected chi connectivity index (χ4v) is 3.66. The van der Waals surface area contributed by atoms with E-state index < -0.39 is 0 Å². The first-order chi connectivity index (χ1) is 7.97. The zero-order valence-electron chi connectivity index (χ0n) is 12.0. The van der Waals surface area contributed by atoms with Crippen LogP contribution in [0.1, 0.15) is 64.6 Å². The molecular weight excluding hydrogens is 228 g/mol. The molecule has 1 rings (SSSR count). The molecule has 0 amide bonds. The predicted octanol–water partition coefficient (Wildman–Crippen LogP) is 4.14. The van der Waals surface area contributed by atoms with Gasteiger partial charge < -0.3 is 5.32 Å².